The molecule has 0 radical (unpaired) electrons. The van der Waals surface area contributed by atoms with Gasteiger partial charge < -0.3 is 4.48 Å². The zero-order valence-electron chi connectivity index (χ0n) is 15.4. The highest BCUT2D eigenvalue weighted by Gasteiger charge is 2.65. The molecule has 0 spiro atoms. The van der Waals surface area contributed by atoms with E-state index in [1.54, 1.807) is 0 Å². The molecule has 2 aliphatic carbocycles. The molecule has 3 atom stereocenters. The maximum Gasteiger partial charge on any atom is 0.142 e. The molecule has 23 heavy (non-hydrogen) atoms. The van der Waals surface area contributed by atoms with Crippen LogP contribution < -0.4 is 0 Å². The van der Waals surface area contributed by atoms with Crippen LogP contribution in [0.4, 0.5) is 0 Å². The summed E-state index contributed by atoms with van der Waals surface area (Å²) in [5, 5.41) is 0. The second-order valence-corrected chi connectivity index (χ2v) is 9.26. The summed E-state index contributed by atoms with van der Waals surface area (Å²) in [6, 6.07) is 10.7. The summed E-state index contributed by atoms with van der Waals surface area (Å²) in [6.07, 6.45) is 3.39. The van der Waals surface area contributed by atoms with Crippen LogP contribution in [0.5, 0.6) is 0 Å². The van der Waals surface area contributed by atoms with Crippen molar-refractivity contribution in [2.45, 2.75) is 46.6 Å². The largest absolute Gasteiger partial charge is 0.325 e. The lowest BCUT2D eigenvalue weighted by Gasteiger charge is -2.33. The Morgan fingerprint density at radius 1 is 1.13 bits per heavy atom. The van der Waals surface area contributed by atoms with Crippen molar-refractivity contribution in [3.63, 3.8) is 0 Å². The maximum absolute atomic E-state index is 13.0. The number of ketones is 1. The average molecular weight is 314 g/mol. The van der Waals surface area contributed by atoms with E-state index in [0.717, 1.165) is 30.4 Å². The quantitative estimate of drug-likeness (QED) is 0.741. The lowest BCUT2D eigenvalue weighted by Crippen LogP contribution is -2.42. The zero-order valence-corrected chi connectivity index (χ0v) is 15.4. The number of rotatable bonds is 5. The molecule has 2 nitrogen and oxygen atoms in total. The van der Waals surface area contributed by atoms with Crippen LogP contribution in [0.3, 0.4) is 0 Å². The van der Waals surface area contributed by atoms with Gasteiger partial charge in [-0.2, -0.15) is 0 Å². The molecule has 0 aliphatic heterocycles. The van der Waals surface area contributed by atoms with Gasteiger partial charge in [-0.15, -0.1) is 0 Å². The normalized spacial score (nSPS) is 32.5. The molecule has 2 saturated carbocycles. The van der Waals surface area contributed by atoms with Gasteiger partial charge in [0.25, 0.3) is 0 Å². The van der Waals surface area contributed by atoms with Crippen molar-refractivity contribution in [3.05, 3.63) is 35.9 Å². The van der Waals surface area contributed by atoms with E-state index in [4.69, 9.17) is 0 Å². The van der Waals surface area contributed by atoms with Gasteiger partial charge in [-0.25, -0.2) is 0 Å². The van der Waals surface area contributed by atoms with Gasteiger partial charge in [0.2, 0.25) is 0 Å². The monoisotopic (exact) mass is 314 g/mol. The number of benzene rings is 1. The van der Waals surface area contributed by atoms with E-state index in [1.807, 2.05) is 0 Å². The number of hydrogen-bond acceptors (Lipinski definition) is 1. The Bertz CT molecular complexity index is 589. The summed E-state index contributed by atoms with van der Waals surface area (Å²) in [7, 11) is 4.58. The fraction of sp³-hybridized carbons (Fsp3) is 0.667. The number of quaternary nitrogens is 1. The van der Waals surface area contributed by atoms with Crippen LogP contribution >= 0.6 is 0 Å². The average Bonchev–Trinajstić information content (AvgIpc) is 2.79. The molecule has 2 aliphatic rings. The minimum atomic E-state index is -0.0705. The first kappa shape index (κ1) is 16.7. The highest BCUT2D eigenvalue weighted by molar-refractivity contribution is 5.91. The van der Waals surface area contributed by atoms with Gasteiger partial charge in [0, 0.05) is 23.3 Å². The number of carbonyl (C=O) groups is 1. The summed E-state index contributed by atoms with van der Waals surface area (Å²) < 4.78 is 0.956. The molecule has 0 heterocycles. The van der Waals surface area contributed by atoms with Crippen molar-refractivity contribution >= 4 is 5.78 Å². The van der Waals surface area contributed by atoms with Gasteiger partial charge in [0.15, 0.2) is 0 Å². The van der Waals surface area contributed by atoms with Crippen molar-refractivity contribution in [3.8, 4) is 0 Å². The molecule has 126 valence electrons. The van der Waals surface area contributed by atoms with Gasteiger partial charge in [0.05, 0.1) is 20.6 Å². The van der Waals surface area contributed by atoms with E-state index >= 15 is 0 Å². The van der Waals surface area contributed by atoms with E-state index in [0.29, 0.717) is 11.7 Å². The Balaban J connectivity index is 1.66. The Kier molecular flexibility index (Phi) is 3.95. The van der Waals surface area contributed by atoms with Gasteiger partial charge in [-0.05, 0) is 24.2 Å². The Morgan fingerprint density at radius 2 is 1.78 bits per heavy atom. The minimum Gasteiger partial charge on any atom is -0.325 e. The van der Waals surface area contributed by atoms with Crippen LogP contribution in [0.15, 0.2) is 30.3 Å². The number of nitrogens with zero attached hydrogens (tertiary/aromatic N) is 1. The van der Waals surface area contributed by atoms with Crippen molar-refractivity contribution in [2.75, 3.05) is 20.6 Å². The van der Waals surface area contributed by atoms with Crippen LogP contribution in [-0.4, -0.2) is 30.9 Å². The Labute approximate surface area is 141 Å². The lowest BCUT2D eigenvalue weighted by molar-refractivity contribution is -0.904. The van der Waals surface area contributed by atoms with E-state index in [9.17, 15) is 4.79 Å². The molecule has 3 unspecified atom stereocenters. The molecule has 2 bridgehead atoms. The third kappa shape index (κ3) is 2.65. The standard InChI is InChI=1S/C21H32NO/c1-20(2)18-11-13-21(20,3)19(23)17(18)12-14-22(4,5)15-16-9-7-6-8-10-16/h6-10,17-18H,11-15H2,1-5H3/q+1. The fourth-order valence-electron chi connectivity index (χ4n) is 5.25. The predicted molar refractivity (Wildman–Crippen MR) is 94.8 cm³/mol. The summed E-state index contributed by atoms with van der Waals surface area (Å²) in [6.45, 7) is 8.99. The molecule has 1 aromatic carbocycles. The van der Waals surface area contributed by atoms with Crippen LogP contribution in [0, 0.1) is 22.7 Å². The van der Waals surface area contributed by atoms with E-state index in [1.165, 1.54) is 12.0 Å². The Hall–Kier alpha value is -1.15. The van der Waals surface area contributed by atoms with Crippen molar-refractivity contribution in [1.29, 1.82) is 0 Å². The first-order chi connectivity index (χ1) is 10.7. The van der Waals surface area contributed by atoms with Gasteiger partial charge in [0.1, 0.15) is 12.3 Å². The maximum atomic E-state index is 13.0. The van der Waals surface area contributed by atoms with E-state index in [-0.39, 0.29) is 16.7 Å². The number of hydrogen-bond donors (Lipinski definition) is 0. The molecule has 0 saturated heterocycles. The van der Waals surface area contributed by atoms with E-state index < -0.39 is 0 Å². The van der Waals surface area contributed by atoms with E-state index in [2.05, 4.69) is 65.2 Å². The second-order valence-electron chi connectivity index (χ2n) is 9.26. The van der Waals surface area contributed by atoms with Gasteiger partial charge in [-0.3, -0.25) is 4.79 Å². The molecule has 2 heteroatoms. The SMILES string of the molecule is CC12CCC(C(CC[N+](C)(C)Cc3ccccc3)C1=O)C2(C)C. The number of Topliss-reactive ketones (excluding diaryl/α,β-unsaturated/α-hetero) is 1. The van der Waals surface area contributed by atoms with Crippen molar-refractivity contribution in [1.82, 2.24) is 0 Å². The van der Waals surface area contributed by atoms with Crippen LogP contribution in [0.2, 0.25) is 0 Å². The first-order valence-electron chi connectivity index (χ1n) is 9.08. The molecule has 3 rings (SSSR count). The topological polar surface area (TPSA) is 17.1 Å². The number of carbonyl (C=O) groups excluding carboxylic acids is 1. The molecular formula is C21H32NO+. The molecule has 1 aromatic rings. The molecular weight excluding hydrogens is 282 g/mol. The lowest BCUT2D eigenvalue weighted by atomic mass is 9.70. The highest BCUT2D eigenvalue weighted by Crippen LogP contribution is 2.66. The summed E-state index contributed by atoms with van der Waals surface area (Å²) >= 11 is 0. The third-order valence-electron chi connectivity index (χ3n) is 7.17. The van der Waals surface area contributed by atoms with Crippen LogP contribution in [0.25, 0.3) is 0 Å². The van der Waals surface area contributed by atoms with Crippen LogP contribution in [0.1, 0.15) is 45.6 Å². The number of fused-ring (bicyclic) bond motifs is 2. The van der Waals surface area contributed by atoms with Crippen LogP contribution in [-0.2, 0) is 11.3 Å². The molecule has 2 fully saturated rings. The molecule has 0 aromatic heterocycles. The summed E-state index contributed by atoms with van der Waals surface area (Å²) in [5.41, 5.74) is 1.49. The fourth-order valence-corrected chi connectivity index (χ4v) is 5.25. The van der Waals surface area contributed by atoms with Crippen molar-refractivity contribution in [2.24, 2.45) is 22.7 Å². The highest BCUT2D eigenvalue weighted by atomic mass is 16.1. The molecule has 0 amide bonds. The smallest absolute Gasteiger partial charge is 0.142 e. The van der Waals surface area contributed by atoms with Gasteiger partial charge >= 0.3 is 0 Å². The molecule has 0 N–H and O–H groups in total. The predicted octanol–water partition coefficient (Wildman–Crippen LogP) is 4.29. The zero-order chi connectivity index (χ0) is 16.9. The summed E-state index contributed by atoms with van der Waals surface area (Å²) in [4.78, 5) is 13.0. The Morgan fingerprint density at radius 3 is 2.35 bits per heavy atom. The second kappa shape index (κ2) is 5.44. The van der Waals surface area contributed by atoms with Gasteiger partial charge in [-0.1, -0.05) is 51.1 Å². The van der Waals surface area contributed by atoms with Crippen molar-refractivity contribution < 1.29 is 9.28 Å². The first-order valence-corrected chi connectivity index (χ1v) is 9.08. The third-order valence-corrected chi connectivity index (χ3v) is 7.17. The minimum absolute atomic E-state index is 0.0705. The summed E-state index contributed by atoms with van der Waals surface area (Å²) in [5.74, 6) is 1.44.